The fourth-order valence-corrected chi connectivity index (χ4v) is 3.00. The van der Waals surface area contributed by atoms with Gasteiger partial charge in [0.15, 0.2) is 0 Å². The Labute approximate surface area is 148 Å². The molecule has 0 aliphatic carbocycles. The van der Waals surface area contributed by atoms with Crippen molar-refractivity contribution in [3.8, 4) is 5.75 Å². The number of benzene rings is 1. The highest BCUT2D eigenvalue weighted by Crippen LogP contribution is 2.39. The third-order valence-electron chi connectivity index (χ3n) is 4.61. The van der Waals surface area contributed by atoms with Gasteiger partial charge < -0.3 is 13.9 Å². The number of hydrogen-bond acceptors (Lipinski definition) is 4. The van der Waals surface area contributed by atoms with Gasteiger partial charge in [0.1, 0.15) is 23.9 Å². The van der Waals surface area contributed by atoms with Crippen LogP contribution >= 0.6 is 0 Å². The fraction of sp³-hybridized carbons (Fsp3) is 0.381. The van der Waals surface area contributed by atoms with E-state index in [1.165, 1.54) is 12.5 Å². The number of rotatable bonds is 4. The van der Waals surface area contributed by atoms with E-state index in [1.54, 1.807) is 0 Å². The molecule has 0 atom stereocenters. The van der Waals surface area contributed by atoms with E-state index < -0.39 is 0 Å². The highest BCUT2D eigenvalue weighted by molar-refractivity contribution is 5.79. The molecule has 132 valence electrons. The summed E-state index contributed by atoms with van der Waals surface area (Å²) < 4.78 is 16.4. The van der Waals surface area contributed by atoms with Crippen molar-refractivity contribution in [3.63, 3.8) is 0 Å². The molecule has 1 aromatic heterocycles. The van der Waals surface area contributed by atoms with E-state index in [4.69, 9.17) is 13.9 Å². The highest BCUT2D eigenvalue weighted by Gasteiger charge is 2.28. The number of carbonyl (C=O) groups is 1. The third kappa shape index (κ3) is 3.95. The van der Waals surface area contributed by atoms with Crippen LogP contribution in [0, 0.1) is 0 Å². The van der Waals surface area contributed by atoms with Crippen molar-refractivity contribution in [1.29, 1.82) is 0 Å². The van der Waals surface area contributed by atoms with Crippen LogP contribution in [0.25, 0.3) is 11.6 Å². The lowest BCUT2D eigenvalue weighted by molar-refractivity contribution is -0.142. The molecule has 0 unspecified atom stereocenters. The van der Waals surface area contributed by atoms with E-state index in [9.17, 15) is 4.79 Å². The maximum absolute atomic E-state index is 10.9. The summed E-state index contributed by atoms with van der Waals surface area (Å²) in [7, 11) is 0. The zero-order valence-corrected chi connectivity index (χ0v) is 15.2. The molecule has 0 amide bonds. The van der Waals surface area contributed by atoms with Crippen LogP contribution in [-0.4, -0.2) is 12.6 Å². The van der Waals surface area contributed by atoms with Crippen LogP contribution in [0.1, 0.15) is 56.8 Å². The summed E-state index contributed by atoms with van der Waals surface area (Å²) in [6.45, 7) is 8.89. The monoisotopic (exact) mass is 340 g/mol. The summed E-state index contributed by atoms with van der Waals surface area (Å²) in [5.74, 6) is 2.04. The average Bonchev–Trinajstić information content (AvgIpc) is 3.00. The van der Waals surface area contributed by atoms with Gasteiger partial charge in [0, 0.05) is 12.5 Å². The predicted molar refractivity (Wildman–Crippen MR) is 97.3 cm³/mol. The van der Waals surface area contributed by atoms with Gasteiger partial charge in [0.2, 0.25) is 0 Å². The molecule has 0 bridgehead atoms. The highest BCUT2D eigenvalue weighted by atomic mass is 16.5. The van der Waals surface area contributed by atoms with E-state index in [1.807, 2.05) is 18.2 Å². The second-order valence-corrected chi connectivity index (χ2v) is 7.10. The number of carbonyl (C=O) groups excluding carboxylic acids is 1. The normalized spacial score (nSPS) is 16.1. The molecule has 25 heavy (non-hydrogen) atoms. The lowest BCUT2D eigenvalue weighted by Crippen LogP contribution is -2.26. The summed E-state index contributed by atoms with van der Waals surface area (Å²) in [6, 6.07) is 10.1. The van der Waals surface area contributed by atoms with E-state index in [-0.39, 0.29) is 18.0 Å². The van der Waals surface area contributed by atoms with Crippen LogP contribution in [0.5, 0.6) is 5.75 Å². The topological polar surface area (TPSA) is 48.7 Å². The second-order valence-electron chi connectivity index (χ2n) is 7.10. The zero-order valence-electron chi connectivity index (χ0n) is 15.2. The Morgan fingerprint density at radius 3 is 2.80 bits per heavy atom. The van der Waals surface area contributed by atoms with Gasteiger partial charge in [-0.3, -0.25) is 4.79 Å². The van der Waals surface area contributed by atoms with E-state index in [0.29, 0.717) is 5.76 Å². The van der Waals surface area contributed by atoms with Gasteiger partial charge in [-0.2, -0.15) is 0 Å². The van der Waals surface area contributed by atoms with Crippen molar-refractivity contribution in [3.05, 3.63) is 53.0 Å². The van der Waals surface area contributed by atoms with E-state index in [2.05, 4.69) is 39.0 Å². The Bertz CT molecular complexity index is 811. The molecule has 2 heterocycles. The number of furan rings is 1. The van der Waals surface area contributed by atoms with Crippen molar-refractivity contribution in [1.82, 2.24) is 0 Å². The van der Waals surface area contributed by atoms with Gasteiger partial charge in [-0.05, 0) is 60.2 Å². The number of fused-ring (bicyclic) bond motifs is 1. The first-order valence-corrected chi connectivity index (χ1v) is 8.53. The first kappa shape index (κ1) is 17.3. The molecule has 0 saturated carbocycles. The van der Waals surface area contributed by atoms with Crippen LogP contribution in [0.2, 0.25) is 0 Å². The smallest absolute Gasteiger partial charge is 0.303 e. The third-order valence-corrected chi connectivity index (χ3v) is 4.61. The molecule has 0 radical (unpaired) electrons. The molecule has 4 heteroatoms. The van der Waals surface area contributed by atoms with Crippen molar-refractivity contribution in [2.24, 2.45) is 0 Å². The molecule has 2 aromatic rings. The van der Waals surface area contributed by atoms with Gasteiger partial charge >= 0.3 is 5.97 Å². The van der Waals surface area contributed by atoms with Crippen LogP contribution < -0.4 is 4.74 Å². The standard InChI is InChI=1S/C21H24O4/c1-14(11-17-6-7-18(25-17)13-24-15(2)22)16-5-8-20-19(12-16)21(3,4)9-10-23-20/h5-8,11-12H,9-10,13H2,1-4H3. The average molecular weight is 340 g/mol. The zero-order chi connectivity index (χ0) is 18.0. The molecule has 1 aliphatic heterocycles. The Morgan fingerprint density at radius 2 is 2.04 bits per heavy atom. The van der Waals surface area contributed by atoms with Crippen molar-refractivity contribution in [2.75, 3.05) is 6.61 Å². The first-order chi connectivity index (χ1) is 11.8. The summed E-state index contributed by atoms with van der Waals surface area (Å²) in [5, 5.41) is 0. The molecule has 3 rings (SSSR count). The Morgan fingerprint density at radius 1 is 1.24 bits per heavy atom. The molecule has 4 nitrogen and oxygen atoms in total. The largest absolute Gasteiger partial charge is 0.493 e. The quantitative estimate of drug-likeness (QED) is 0.738. The van der Waals surface area contributed by atoms with Crippen LogP contribution in [0.4, 0.5) is 0 Å². The molecular formula is C21H24O4. The van der Waals surface area contributed by atoms with Crippen molar-refractivity contribution >= 4 is 17.6 Å². The Kier molecular flexibility index (Phi) is 4.71. The minimum absolute atomic E-state index is 0.117. The second kappa shape index (κ2) is 6.79. The van der Waals surface area contributed by atoms with Gasteiger partial charge in [0.05, 0.1) is 6.61 Å². The van der Waals surface area contributed by atoms with Gasteiger partial charge in [0.25, 0.3) is 0 Å². The number of hydrogen-bond donors (Lipinski definition) is 0. The number of allylic oxidation sites excluding steroid dienone is 1. The summed E-state index contributed by atoms with van der Waals surface area (Å²) >= 11 is 0. The summed E-state index contributed by atoms with van der Waals surface area (Å²) in [4.78, 5) is 10.9. The minimum Gasteiger partial charge on any atom is -0.493 e. The maximum Gasteiger partial charge on any atom is 0.303 e. The predicted octanol–water partition coefficient (Wildman–Crippen LogP) is 4.96. The molecule has 0 N–H and O–H groups in total. The summed E-state index contributed by atoms with van der Waals surface area (Å²) in [5.41, 5.74) is 3.62. The van der Waals surface area contributed by atoms with Crippen LogP contribution in [-0.2, 0) is 21.6 Å². The molecule has 1 aliphatic rings. The maximum atomic E-state index is 10.9. The Balaban J connectivity index is 1.82. The SMILES string of the molecule is CC(=O)OCc1ccc(C=C(C)c2ccc3c(c2)C(C)(C)CCO3)o1. The van der Waals surface area contributed by atoms with Crippen molar-refractivity contribution in [2.45, 2.75) is 46.1 Å². The molecule has 0 spiro atoms. The van der Waals surface area contributed by atoms with Crippen molar-refractivity contribution < 1.29 is 18.7 Å². The number of ether oxygens (including phenoxy) is 2. The molecule has 1 aromatic carbocycles. The van der Waals surface area contributed by atoms with Crippen LogP contribution in [0.15, 0.2) is 34.7 Å². The minimum atomic E-state index is -0.316. The van der Waals surface area contributed by atoms with Crippen LogP contribution in [0.3, 0.4) is 0 Å². The lowest BCUT2D eigenvalue weighted by Gasteiger charge is -2.32. The Hall–Kier alpha value is -2.49. The number of esters is 1. The molecule has 0 saturated heterocycles. The van der Waals surface area contributed by atoms with E-state index in [0.717, 1.165) is 35.7 Å². The van der Waals surface area contributed by atoms with Gasteiger partial charge in [-0.25, -0.2) is 0 Å². The van der Waals surface area contributed by atoms with E-state index >= 15 is 0 Å². The van der Waals surface area contributed by atoms with Gasteiger partial charge in [-0.1, -0.05) is 19.9 Å². The fourth-order valence-electron chi connectivity index (χ4n) is 3.00. The molecule has 0 fully saturated rings. The lowest BCUT2D eigenvalue weighted by atomic mass is 9.79. The molecular weight excluding hydrogens is 316 g/mol. The summed E-state index contributed by atoms with van der Waals surface area (Å²) in [6.07, 6.45) is 3.01. The van der Waals surface area contributed by atoms with Gasteiger partial charge in [-0.15, -0.1) is 0 Å². The first-order valence-electron chi connectivity index (χ1n) is 8.53.